The third kappa shape index (κ3) is 3.62. The van der Waals surface area contributed by atoms with Gasteiger partial charge in [0.15, 0.2) is 12.6 Å². The molecule has 3 rings (SSSR count). The van der Waals surface area contributed by atoms with Gasteiger partial charge in [0.2, 0.25) is 0 Å². The number of fused-ring (bicyclic) bond motifs is 1. The summed E-state index contributed by atoms with van der Waals surface area (Å²) >= 11 is 0. The molecule has 0 spiro atoms. The van der Waals surface area contributed by atoms with Gasteiger partial charge in [0.05, 0.1) is 24.3 Å². The molecule has 2 aliphatic heterocycles. The van der Waals surface area contributed by atoms with Crippen LogP contribution in [0.25, 0.3) is 0 Å². The molecular weight excluding hydrogens is 348 g/mol. The number of aliphatic hydroxyl groups is 4. The van der Waals surface area contributed by atoms with E-state index in [-0.39, 0.29) is 12.8 Å². The summed E-state index contributed by atoms with van der Waals surface area (Å²) in [6.45, 7) is 0. The van der Waals surface area contributed by atoms with Gasteiger partial charge in [-0.3, -0.25) is 0 Å². The van der Waals surface area contributed by atoms with Gasteiger partial charge in [-0.15, -0.1) is 0 Å². The van der Waals surface area contributed by atoms with Crippen molar-refractivity contribution in [3.05, 3.63) is 0 Å². The minimum absolute atomic E-state index is 0.274. The quantitative estimate of drug-likeness (QED) is 0.234. The molecule has 12 atom stereocenters. The number of rotatable bonds is 3. The second kappa shape index (κ2) is 7.89. The topological polar surface area (TPSA) is 199 Å². The predicted molar refractivity (Wildman–Crippen MR) is 88.4 cm³/mol. The van der Waals surface area contributed by atoms with E-state index in [1.165, 1.54) is 0 Å². The van der Waals surface area contributed by atoms with Gasteiger partial charge in [-0.2, -0.15) is 0 Å². The van der Waals surface area contributed by atoms with E-state index >= 15 is 0 Å². The van der Waals surface area contributed by atoms with Crippen molar-refractivity contribution in [2.24, 2.45) is 17.2 Å². The van der Waals surface area contributed by atoms with Crippen molar-refractivity contribution in [1.29, 1.82) is 0 Å². The van der Waals surface area contributed by atoms with Crippen molar-refractivity contribution < 1.29 is 34.6 Å². The number of likely N-dealkylation sites (N-methyl/N-ethyl adjacent to an activating group) is 1. The maximum absolute atomic E-state index is 10.5. The maximum Gasteiger partial charge on any atom is 0.173 e. The van der Waals surface area contributed by atoms with E-state index in [4.69, 9.17) is 31.4 Å². The summed E-state index contributed by atoms with van der Waals surface area (Å²) < 4.78 is 17.1. The zero-order valence-corrected chi connectivity index (χ0v) is 14.6. The standard InChI is InChI=1S/C15H30N4O7/c1-19-8-10(21)13-7(24-14(8)23)3-6(18)15(26-13)25-12-5(17)2-4(16)9(20)11(12)22/h4-15,19-23H,2-3,16-18H2,1H3/t4-,5+,6-,7+,8+,9+,10-,11-,12-,13+,14+,15+/m1/s1. The van der Waals surface area contributed by atoms with E-state index < -0.39 is 73.4 Å². The molecule has 0 bridgehead atoms. The minimum atomic E-state index is -1.28. The molecule has 2 saturated heterocycles. The van der Waals surface area contributed by atoms with Crippen LogP contribution in [0.4, 0.5) is 0 Å². The average molecular weight is 378 g/mol. The number of nitrogens with one attached hydrogen (secondary N) is 1. The lowest BCUT2D eigenvalue weighted by Crippen LogP contribution is -2.68. The highest BCUT2D eigenvalue weighted by Crippen LogP contribution is 2.33. The third-order valence-electron chi connectivity index (χ3n) is 5.55. The fourth-order valence-corrected chi connectivity index (χ4v) is 4.00. The SMILES string of the molecule is CN[C@H]1[C@@H](O)[C@H]2O[C@H](O[C@H]3[C@H](O)[C@@H](O)[C@H](N)C[C@@H]3N)[C@H](N)C[C@@H]2O[C@@H]1O. The van der Waals surface area contributed by atoms with Gasteiger partial charge >= 0.3 is 0 Å². The van der Waals surface area contributed by atoms with Crippen molar-refractivity contribution >= 4 is 0 Å². The first-order valence-corrected chi connectivity index (χ1v) is 8.87. The Labute approximate surface area is 151 Å². The minimum Gasteiger partial charge on any atom is -0.389 e. The lowest BCUT2D eigenvalue weighted by atomic mass is 9.84. The molecule has 0 aromatic heterocycles. The van der Waals surface area contributed by atoms with Gasteiger partial charge < -0.3 is 57.2 Å². The molecule has 11 N–H and O–H groups in total. The van der Waals surface area contributed by atoms with Crippen molar-refractivity contribution in [3.63, 3.8) is 0 Å². The van der Waals surface area contributed by atoms with Crippen molar-refractivity contribution in [2.45, 2.75) is 86.2 Å². The summed E-state index contributed by atoms with van der Waals surface area (Å²) in [6.07, 6.45) is -7.36. The second-order valence-corrected chi connectivity index (χ2v) is 7.38. The molecule has 0 radical (unpaired) electrons. The fourth-order valence-electron chi connectivity index (χ4n) is 4.00. The van der Waals surface area contributed by atoms with E-state index in [9.17, 15) is 20.4 Å². The van der Waals surface area contributed by atoms with Crippen LogP contribution in [-0.2, 0) is 14.2 Å². The van der Waals surface area contributed by atoms with Crippen molar-refractivity contribution in [1.82, 2.24) is 5.32 Å². The smallest absolute Gasteiger partial charge is 0.173 e. The lowest BCUT2D eigenvalue weighted by molar-refractivity contribution is -0.328. The molecule has 3 aliphatic rings. The van der Waals surface area contributed by atoms with Crippen LogP contribution >= 0.6 is 0 Å². The first kappa shape index (κ1) is 20.3. The fraction of sp³-hybridized carbons (Fsp3) is 1.00. The highest BCUT2D eigenvalue weighted by molar-refractivity contribution is 5.00. The Morgan fingerprint density at radius 3 is 2.23 bits per heavy atom. The van der Waals surface area contributed by atoms with Crippen LogP contribution in [0.1, 0.15) is 12.8 Å². The summed E-state index contributed by atoms with van der Waals surface area (Å²) in [7, 11) is 1.59. The Bertz CT molecular complexity index is 487. The van der Waals surface area contributed by atoms with Crippen LogP contribution in [0, 0.1) is 0 Å². The number of nitrogens with two attached hydrogens (primary N) is 3. The molecule has 2 heterocycles. The Morgan fingerprint density at radius 1 is 0.885 bits per heavy atom. The molecule has 0 aromatic carbocycles. The van der Waals surface area contributed by atoms with Crippen LogP contribution < -0.4 is 22.5 Å². The molecule has 1 aliphatic carbocycles. The van der Waals surface area contributed by atoms with Crippen LogP contribution in [-0.4, -0.2) is 101 Å². The normalized spacial score (nSPS) is 55.4. The van der Waals surface area contributed by atoms with Crippen LogP contribution in [0.5, 0.6) is 0 Å². The second-order valence-electron chi connectivity index (χ2n) is 7.38. The zero-order chi connectivity index (χ0) is 19.2. The van der Waals surface area contributed by atoms with Crippen molar-refractivity contribution in [2.75, 3.05) is 7.05 Å². The van der Waals surface area contributed by atoms with Crippen LogP contribution in [0.15, 0.2) is 0 Å². The van der Waals surface area contributed by atoms with E-state index in [2.05, 4.69) is 5.32 Å². The van der Waals surface area contributed by atoms with Gasteiger partial charge in [-0.25, -0.2) is 0 Å². The maximum atomic E-state index is 10.5. The highest BCUT2D eigenvalue weighted by atomic mass is 16.7. The molecule has 3 fully saturated rings. The molecule has 11 heteroatoms. The van der Waals surface area contributed by atoms with Gasteiger partial charge in [0.25, 0.3) is 0 Å². The van der Waals surface area contributed by atoms with Crippen LogP contribution in [0.2, 0.25) is 0 Å². The molecule has 26 heavy (non-hydrogen) atoms. The Balaban J connectivity index is 1.69. The molecule has 11 nitrogen and oxygen atoms in total. The zero-order valence-electron chi connectivity index (χ0n) is 14.6. The van der Waals surface area contributed by atoms with E-state index in [0.29, 0.717) is 0 Å². The predicted octanol–water partition coefficient (Wildman–Crippen LogP) is -4.74. The first-order chi connectivity index (χ1) is 12.2. The van der Waals surface area contributed by atoms with E-state index in [0.717, 1.165) is 0 Å². The molecule has 152 valence electrons. The van der Waals surface area contributed by atoms with Gasteiger partial charge in [0.1, 0.15) is 24.4 Å². The van der Waals surface area contributed by atoms with Crippen molar-refractivity contribution in [3.8, 4) is 0 Å². The lowest BCUT2D eigenvalue weighted by Gasteiger charge is -2.49. The highest BCUT2D eigenvalue weighted by Gasteiger charge is 2.51. The Hall–Kier alpha value is -0.440. The van der Waals surface area contributed by atoms with Gasteiger partial charge in [-0.05, 0) is 19.9 Å². The number of ether oxygens (including phenoxy) is 3. The van der Waals surface area contributed by atoms with E-state index in [1.54, 1.807) is 7.05 Å². The molecule has 1 saturated carbocycles. The Morgan fingerprint density at radius 2 is 1.58 bits per heavy atom. The summed E-state index contributed by atoms with van der Waals surface area (Å²) in [6, 6.07) is -2.60. The number of hydrogen-bond acceptors (Lipinski definition) is 11. The monoisotopic (exact) mass is 378 g/mol. The summed E-state index contributed by atoms with van der Waals surface area (Å²) in [5, 5.41) is 43.4. The molecular formula is C15H30N4O7. The van der Waals surface area contributed by atoms with Crippen LogP contribution in [0.3, 0.4) is 0 Å². The number of aliphatic hydroxyl groups excluding tert-OH is 4. The van der Waals surface area contributed by atoms with Gasteiger partial charge in [-0.1, -0.05) is 0 Å². The average Bonchev–Trinajstić information content (AvgIpc) is 2.58. The summed E-state index contributed by atoms with van der Waals surface area (Å²) in [5.41, 5.74) is 17.9. The van der Waals surface area contributed by atoms with E-state index in [1.807, 2.05) is 0 Å². The third-order valence-corrected chi connectivity index (χ3v) is 5.55. The summed E-state index contributed by atoms with van der Waals surface area (Å²) in [4.78, 5) is 0. The van der Waals surface area contributed by atoms with Gasteiger partial charge in [0, 0.05) is 12.1 Å². The molecule has 0 amide bonds. The largest absolute Gasteiger partial charge is 0.389 e. The summed E-state index contributed by atoms with van der Waals surface area (Å²) in [5.74, 6) is 0. The first-order valence-electron chi connectivity index (χ1n) is 8.87. The molecule has 0 aromatic rings. The molecule has 0 unspecified atom stereocenters. The Kier molecular flexibility index (Phi) is 6.16. The number of hydrogen-bond donors (Lipinski definition) is 8.